The molecular formula is C21H20F3N2O2+. The molecule has 1 fully saturated rings. The van der Waals surface area contributed by atoms with E-state index in [-0.39, 0.29) is 17.8 Å². The zero-order chi connectivity index (χ0) is 20.1. The molecule has 2 aromatic carbocycles. The van der Waals surface area contributed by atoms with Crippen molar-refractivity contribution in [2.45, 2.75) is 25.4 Å². The first kappa shape index (κ1) is 18.5. The highest BCUT2D eigenvalue weighted by Gasteiger charge is 2.46. The van der Waals surface area contributed by atoms with Crippen LogP contribution in [0.5, 0.6) is 0 Å². The standard InChI is InChI=1S/C21H19F3N2O2/c1-3-28-20(27)17-10-16(17)15-8-13(9-19-18(15)11-26(2)25-19)12-4-6-14(7-5-12)21(22,23)24/h4-9,11,16-17H,3,10H2,1-2H3/p+1/t16-,17+/m0/s1. The summed E-state index contributed by atoms with van der Waals surface area (Å²) in [4.78, 5) is 12.1. The van der Waals surface area contributed by atoms with E-state index < -0.39 is 11.7 Å². The van der Waals surface area contributed by atoms with Crippen molar-refractivity contribution in [3.8, 4) is 11.1 Å². The molecule has 1 heterocycles. The summed E-state index contributed by atoms with van der Waals surface area (Å²) in [6.45, 7) is 2.13. The van der Waals surface area contributed by atoms with Crippen LogP contribution < -0.4 is 4.68 Å². The van der Waals surface area contributed by atoms with E-state index in [1.54, 1.807) is 6.92 Å². The summed E-state index contributed by atoms with van der Waals surface area (Å²) in [5, 5.41) is 4.23. The molecule has 3 aromatic rings. The van der Waals surface area contributed by atoms with Crippen molar-refractivity contribution >= 4 is 16.9 Å². The maximum absolute atomic E-state index is 12.8. The largest absolute Gasteiger partial charge is 0.466 e. The van der Waals surface area contributed by atoms with E-state index in [2.05, 4.69) is 5.10 Å². The molecule has 0 unspecified atom stereocenters. The van der Waals surface area contributed by atoms with Crippen LogP contribution >= 0.6 is 0 Å². The Morgan fingerprint density at radius 1 is 1.21 bits per heavy atom. The minimum absolute atomic E-state index is 0.0618. The van der Waals surface area contributed by atoms with Gasteiger partial charge in [-0.25, -0.2) is 0 Å². The van der Waals surface area contributed by atoms with Crippen LogP contribution in [0.2, 0.25) is 0 Å². The Hall–Kier alpha value is -2.83. The number of alkyl halides is 3. The monoisotopic (exact) mass is 389 g/mol. The molecule has 1 saturated carbocycles. The lowest BCUT2D eigenvalue weighted by Gasteiger charge is -2.09. The summed E-state index contributed by atoms with van der Waals surface area (Å²) in [5.74, 6) is -0.293. The minimum atomic E-state index is -4.36. The molecule has 2 atom stereocenters. The van der Waals surface area contributed by atoms with Crippen molar-refractivity contribution in [1.29, 1.82) is 0 Å². The smallest absolute Gasteiger partial charge is 0.416 e. The number of nitrogens with zero attached hydrogens (tertiary/aromatic N) is 1. The quantitative estimate of drug-likeness (QED) is 0.533. The number of benzene rings is 2. The zero-order valence-corrected chi connectivity index (χ0v) is 15.5. The highest BCUT2D eigenvalue weighted by Crippen LogP contribution is 2.50. The maximum atomic E-state index is 12.8. The van der Waals surface area contributed by atoms with E-state index in [4.69, 9.17) is 4.74 Å². The summed E-state index contributed by atoms with van der Waals surface area (Å²) < 4.78 is 45.5. The Bertz CT molecular complexity index is 1040. The first-order valence-corrected chi connectivity index (χ1v) is 9.14. The molecule has 1 aliphatic carbocycles. The van der Waals surface area contributed by atoms with Gasteiger partial charge in [0.25, 0.3) is 0 Å². The number of esters is 1. The van der Waals surface area contributed by atoms with Crippen molar-refractivity contribution in [3.05, 3.63) is 53.7 Å². The van der Waals surface area contributed by atoms with Crippen molar-refractivity contribution in [2.75, 3.05) is 6.61 Å². The second kappa shape index (κ2) is 6.65. The topological polar surface area (TPSA) is 46.0 Å². The number of aromatic amines is 1. The highest BCUT2D eigenvalue weighted by molar-refractivity contribution is 5.89. The molecule has 4 nitrogen and oxygen atoms in total. The third-order valence-corrected chi connectivity index (χ3v) is 5.16. The van der Waals surface area contributed by atoms with Gasteiger partial charge in [0.05, 0.1) is 23.5 Å². The average molecular weight is 389 g/mol. The fourth-order valence-corrected chi connectivity index (χ4v) is 3.70. The first-order valence-electron chi connectivity index (χ1n) is 9.14. The van der Waals surface area contributed by atoms with Crippen molar-refractivity contribution in [2.24, 2.45) is 13.0 Å². The third kappa shape index (κ3) is 3.37. The Labute approximate surface area is 159 Å². The number of rotatable bonds is 4. The number of aromatic nitrogens is 2. The molecule has 146 valence electrons. The minimum Gasteiger partial charge on any atom is -0.466 e. The predicted molar refractivity (Wildman–Crippen MR) is 97.4 cm³/mol. The second-order valence-corrected chi connectivity index (χ2v) is 7.15. The van der Waals surface area contributed by atoms with Gasteiger partial charge in [-0.15, -0.1) is 4.68 Å². The Morgan fingerprint density at radius 2 is 1.93 bits per heavy atom. The van der Waals surface area contributed by atoms with Crippen LogP contribution in [0.3, 0.4) is 0 Å². The van der Waals surface area contributed by atoms with Crippen molar-refractivity contribution < 1.29 is 27.4 Å². The molecule has 4 rings (SSSR count). The van der Waals surface area contributed by atoms with Gasteiger partial charge in [0.2, 0.25) is 6.20 Å². The lowest BCUT2D eigenvalue weighted by molar-refractivity contribution is -0.724. The van der Waals surface area contributed by atoms with Gasteiger partial charge in [0, 0.05) is 0 Å². The summed E-state index contributed by atoms with van der Waals surface area (Å²) in [6, 6.07) is 9.03. The third-order valence-electron chi connectivity index (χ3n) is 5.16. The summed E-state index contributed by atoms with van der Waals surface area (Å²) in [6.07, 6.45) is -1.68. The van der Waals surface area contributed by atoms with Gasteiger partial charge in [-0.2, -0.15) is 18.3 Å². The molecular weight excluding hydrogens is 369 g/mol. The Balaban J connectivity index is 1.74. The Morgan fingerprint density at radius 3 is 2.57 bits per heavy atom. The summed E-state index contributed by atoms with van der Waals surface area (Å²) >= 11 is 0. The van der Waals surface area contributed by atoms with Crippen molar-refractivity contribution in [3.63, 3.8) is 0 Å². The van der Waals surface area contributed by atoms with E-state index in [0.29, 0.717) is 12.2 Å². The fraction of sp³-hybridized carbons (Fsp3) is 0.333. The number of ether oxygens (including phenoxy) is 1. The molecule has 1 aliphatic rings. The molecule has 0 spiro atoms. The van der Waals surface area contributed by atoms with Gasteiger partial charge < -0.3 is 4.74 Å². The van der Waals surface area contributed by atoms with E-state index in [9.17, 15) is 18.0 Å². The molecule has 7 heteroatoms. The van der Waals surface area contributed by atoms with Crippen LogP contribution in [0, 0.1) is 5.92 Å². The molecule has 0 radical (unpaired) electrons. The predicted octanol–water partition coefficient (Wildman–Crippen LogP) is 4.34. The molecule has 0 saturated heterocycles. The lowest BCUT2D eigenvalue weighted by Crippen LogP contribution is -2.27. The SMILES string of the molecule is CCOC(=O)[C@@H]1C[C@H]1c1cc(-c2ccc(C(F)(F)F)cc2)cc2[nH][n+](C)cc12. The number of hydrogen-bond donors (Lipinski definition) is 1. The molecule has 1 aromatic heterocycles. The lowest BCUT2D eigenvalue weighted by atomic mass is 9.96. The van der Waals surface area contributed by atoms with Gasteiger partial charge in [-0.1, -0.05) is 12.1 Å². The van der Waals surface area contributed by atoms with Crippen LogP contribution in [0.15, 0.2) is 42.6 Å². The number of hydrogen-bond acceptors (Lipinski definition) is 2. The van der Waals surface area contributed by atoms with Crippen LogP contribution in [0.1, 0.15) is 30.4 Å². The van der Waals surface area contributed by atoms with Gasteiger partial charge in [0.1, 0.15) is 5.52 Å². The Kier molecular flexibility index (Phi) is 4.40. The van der Waals surface area contributed by atoms with E-state index in [0.717, 1.165) is 40.6 Å². The van der Waals surface area contributed by atoms with Crippen molar-refractivity contribution in [1.82, 2.24) is 5.10 Å². The first-order chi connectivity index (χ1) is 13.3. The van der Waals surface area contributed by atoms with E-state index in [1.165, 1.54) is 12.1 Å². The number of carbonyl (C=O) groups is 1. The van der Waals surface area contributed by atoms with Crippen LogP contribution in [-0.4, -0.2) is 17.7 Å². The van der Waals surface area contributed by atoms with Gasteiger partial charge in [-0.3, -0.25) is 4.79 Å². The molecule has 1 N–H and O–H groups in total. The van der Waals surface area contributed by atoms with Crippen LogP contribution in [0.25, 0.3) is 22.0 Å². The van der Waals surface area contributed by atoms with Gasteiger partial charge in [-0.05, 0) is 60.2 Å². The number of carbonyl (C=O) groups excluding carboxylic acids is 1. The molecule has 0 amide bonds. The normalized spacial score (nSPS) is 19.0. The maximum Gasteiger partial charge on any atom is 0.416 e. The molecule has 28 heavy (non-hydrogen) atoms. The average Bonchev–Trinajstić information content (AvgIpc) is 3.35. The van der Waals surface area contributed by atoms with E-state index >= 15 is 0 Å². The summed E-state index contributed by atoms with van der Waals surface area (Å²) in [7, 11) is 1.87. The number of halogens is 3. The number of fused-ring (bicyclic) bond motifs is 1. The highest BCUT2D eigenvalue weighted by atomic mass is 19.4. The van der Waals surface area contributed by atoms with Gasteiger partial charge in [0.15, 0.2) is 7.05 Å². The van der Waals surface area contributed by atoms with Gasteiger partial charge >= 0.3 is 12.1 Å². The number of nitrogens with one attached hydrogen (secondary N) is 1. The summed E-state index contributed by atoms with van der Waals surface area (Å²) in [5.41, 5.74) is 2.73. The van der Waals surface area contributed by atoms with Crippen LogP contribution in [-0.2, 0) is 22.8 Å². The van der Waals surface area contributed by atoms with E-state index in [1.807, 2.05) is 30.1 Å². The second-order valence-electron chi connectivity index (χ2n) is 7.15. The number of H-pyrrole nitrogens is 1. The molecule has 0 aliphatic heterocycles. The zero-order valence-electron chi connectivity index (χ0n) is 15.5. The fourth-order valence-electron chi connectivity index (χ4n) is 3.70. The van der Waals surface area contributed by atoms with Crippen LogP contribution in [0.4, 0.5) is 13.2 Å². The number of aryl methyl sites for hydroxylation is 1. The molecule has 0 bridgehead atoms.